The van der Waals surface area contributed by atoms with E-state index >= 15 is 4.39 Å². The normalized spacial score (nSPS) is 20.3. The number of aromatic nitrogens is 2. The highest BCUT2D eigenvalue weighted by Gasteiger charge is 2.50. The van der Waals surface area contributed by atoms with Crippen LogP contribution in [0.3, 0.4) is 0 Å². The number of carbonyl (C=O) groups excluding carboxylic acids is 3. The van der Waals surface area contributed by atoms with E-state index in [4.69, 9.17) is 58.5 Å². The summed E-state index contributed by atoms with van der Waals surface area (Å²) in [6.07, 6.45) is -8.00. The van der Waals surface area contributed by atoms with Gasteiger partial charge in [-0.3, -0.25) is 9.59 Å². The molecule has 1 aliphatic heterocycles. The largest absolute Gasteiger partial charge is 0.493 e. The molecule has 2 heterocycles. The average molecular weight is 754 g/mol. The zero-order chi connectivity index (χ0) is 37.0. The van der Waals surface area contributed by atoms with Gasteiger partial charge in [-0.05, 0) is 46.1 Å². The van der Waals surface area contributed by atoms with Gasteiger partial charge < -0.3 is 39.3 Å². The summed E-state index contributed by atoms with van der Waals surface area (Å²) in [6.45, 7) is 10.7. The third-order valence-electron chi connectivity index (χ3n) is 7.26. The van der Waals surface area contributed by atoms with E-state index in [1.54, 1.807) is 41.5 Å². The van der Waals surface area contributed by atoms with Crippen molar-refractivity contribution in [3.05, 3.63) is 53.7 Å². The molecular weight excluding hydrogens is 714 g/mol. The number of aryl methyl sites for hydroxylation is 1. The van der Waals surface area contributed by atoms with E-state index < -0.39 is 84.0 Å². The molecule has 49 heavy (non-hydrogen) atoms. The Morgan fingerprint density at radius 2 is 1.73 bits per heavy atom. The predicted molar refractivity (Wildman–Crippen MR) is 179 cm³/mol. The maximum absolute atomic E-state index is 16.2. The Balaban J connectivity index is 1.88. The molecule has 2 amide bonds. The maximum Gasteiger partial charge on any atom is 0.408 e. The molecule has 0 unspecified atom stereocenters. The first kappa shape index (κ1) is 39.9. The third-order valence-corrected chi connectivity index (χ3v) is 8.17. The first-order chi connectivity index (χ1) is 22.8. The molecule has 1 aromatic heterocycles. The molecule has 1 aromatic carbocycles. The number of hydrogen-bond donors (Lipinski definition) is 3. The van der Waals surface area contributed by atoms with Crippen molar-refractivity contribution in [2.45, 2.75) is 97.2 Å². The summed E-state index contributed by atoms with van der Waals surface area (Å²) in [7, 11) is 1.33. The molecule has 2 aromatic rings. The van der Waals surface area contributed by atoms with Crippen LogP contribution in [0.1, 0.15) is 60.3 Å². The lowest BCUT2D eigenvalue weighted by Crippen LogP contribution is -2.50. The third kappa shape index (κ3) is 9.59. The fraction of sp³-hybridized carbons (Fsp3) is 0.581. The first-order valence-electron chi connectivity index (χ1n) is 15.3. The van der Waals surface area contributed by atoms with Crippen LogP contribution < -0.4 is 31.4 Å². The van der Waals surface area contributed by atoms with E-state index in [0.29, 0.717) is 4.57 Å². The Kier molecular flexibility index (Phi) is 13.4. The number of halogens is 4. The summed E-state index contributed by atoms with van der Waals surface area (Å²) in [5.74, 6) is -2.35. The SMILES string of the molecule is CCc1c[nH]c(=O)n([C@@H]2O[C@H](CNC(=O)[C@H](C)Oc3c(Cl)cc(Cl)c(OC)c3Cl)[C@@H](OC(=O)[C@@H](NC(=O)OC(C)(C)C)C(C)C)[C@@H]2F)c1=O. The van der Waals surface area contributed by atoms with Gasteiger partial charge in [0, 0.05) is 18.3 Å². The Morgan fingerprint density at radius 3 is 2.31 bits per heavy atom. The van der Waals surface area contributed by atoms with Gasteiger partial charge in [-0.25, -0.2) is 23.3 Å². The van der Waals surface area contributed by atoms with Crippen molar-refractivity contribution < 1.29 is 42.5 Å². The summed E-state index contributed by atoms with van der Waals surface area (Å²) in [5, 5.41) is 4.98. The average Bonchev–Trinajstić information content (AvgIpc) is 3.29. The summed E-state index contributed by atoms with van der Waals surface area (Å²) in [6, 6.07) is 0.0325. The van der Waals surface area contributed by atoms with Gasteiger partial charge in [0.2, 0.25) is 0 Å². The van der Waals surface area contributed by atoms with Crippen molar-refractivity contribution in [1.29, 1.82) is 0 Å². The molecule has 14 nitrogen and oxygen atoms in total. The molecule has 0 bridgehead atoms. The van der Waals surface area contributed by atoms with Gasteiger partial charge in [0.25, 0.3) is 11.5 Å². The number of amides is 2. The molecule has 6 atom stereocenters. The number of esters is 1. The summed E-state index contributed by atoms with van der Waals surface area (Å²) in [4.78, 5) is 67.2. The van der Waals surface area contributed by atoms with Crippen LogP contribution in [0.25, 0.3) is 0 Å². The quantitative estimate of drug-likeness (QED) is 0.264. The standard InChI is InChI=1S/C31H40Cl3FN4O10/c1-9-15-11-37-29(43)39(26(15)41)27-20(35)24(48-28(42)21(13(2)3)38-30(44)49-31(5,6)7)18(47-27)12-36-25(40)14(4)46-23-17(33)10-16(32)22(45-8)19(23)34/h10-11,13-14,18,20-21,24,27H,9,12H2,1-8H3,(H,36,40)(H,37,43)(H,38,44)/t14-,18+,20-,21-,24+,27+/m0/s1. The fourth-order valence-corrected chi connectivity index (χ4v) is 5.79. The van der Waals surface area contributed by atoms with Gasteiger partial charge >= 0.3 is 17.8 Å². The second kappa shape index (κ2) is 16.5. The van der Waals surface area contributed by atoms with Crippen LogP contribution in [0.5, 0.6) is 11.5 Å². The minimum atomic E-state index is -2.26. The van der Waals surface area contributed by atoms with E-state index in [9.17, 15) is 24.0 Å². The number of nitrogens with one attached hydrogen (secondary N) is 3. The van der Waals surface area contributed by atoms with Gasteiger partial charge in [-0.1, -0.05) is 55.6 Å². The molecule has 272 valence electrons. The molecule has 0 saturated carbocycles. The lowest BCUT2D eigenvalue weighted by Gasteiger charge is -2.27. The van der Waals surface area contributed by atoms with Gasteiger partial charge in [0.05, 0.1) is 17.2 Å². The molecule has 0 radical (unpaired) electrons. The Labute approximate surface area is 296 Å². The Hall–Kier alpha value is -3.53. The van der Waals surface area contributed by atoms with E-state index in [-0.39, 0.29) is 38.6 Å². The van der Waals surface area contributed by atoms with Gasteiger partial charge in [-0.15, -0.1) is 0 Å². The minimum absolute atomic E-state index is 0.00524. The lowest BCUT2D eigenvalue weighted by atomic mass is 10.0. The molecule has 1 saturated heterocycles. The van der Waals surface area contributed by atoms with Crippen molar-refractivity contribution in [2.75, 3.05) is 13.7 Å². The first-order valence-corrected chi connectivity index (χ1v) is 16.4. The van der Waals surface area contributed by atoms with Crippen molar-refractivity contribution in [3.63, 3.8) is 0 Å². The number of alkyl halides is 1. The molecule has 3 N–H and O–H groups in total. The number of H-pyrrole nitrogens is 1. The molecule has 3 rings (SSSR count). The summed E-state index contributed by atoms with van der Waals surface area (Å²) in [5.41, 5.74) is -2.48. The maximum atomic E-state index is 16.2. The zero-order valence-electron chi connectivity index (χ0n) is 28.2. The highest BCUT2D eigenvalue weighted by Crippen LogP contribution is 2.45. The zero-order valence-corrected chi connectivity index (χ0v) is 30.4. The van der Waals surface area contributed by atoms with Crippen LogP contribution in [0, 0.1) is 5.92 Å². The number of alkyl carbamates (subject to hydrolysis) is 1. The highest BCUT2D eigenvalue weighted by atomic mass is 35.5. The summed E-state index contributed by atoms with van der Waals surface area (Å²) >= 11 is 18.6. The van der Waals surface area contributed by atoms with Crippen LogP contribution in [0.4, 0.5) is 9.18 Å². The number of carbonyl (C=O) groups is 3. The van der Waals surface area contributed by atoms with E-state index in [2.05, 4.69) is 15.6 Å². The molecule has 0 aliphatic carbocycles. The van der Waals surface area contributed by atoms with Crippen molar-refractivity contribution >= 4 is 52.8 Å². The van der Waals surface area contributed by atoms with E-state index in [1.165, 1.54) is 26.3 Å². The van der Waals surface area contributed by atoms with Crippen LogP contribution in [-0.2, 0) is 30.2 Å². The Morgan fingerprint density at radius 1 is 1.10 bits per heavy atom. The van der Waals surface area contributed by atoms with E-state index in [0.717, 1.165) is 0 Å². The summed E-state index contributed by atoms with van der Waals surface area (Å²) < 4.78 is 44.2. The number of hydrogen-bond acceptors (Lipinski definition) is 10. The van der Waals surface area contributed by atoms with Crippen LogP contribution in [-0.4, -0.2) is 77.3 Å². The van der Waals surface area contributed by atoms with Gasteiger partial charge in [-0.2, -0.15) is 0 Å². The van der Waals surface area contributed by atoms with Crippen LogP contribution in [0.15, 0.2) is 21.9 Å². The number of rotatable bonds is 12. The van der Waals surface area contributed by atoms with Gasteiger partial charge in [0.1, 0.15) is 22.8 Å². The molecule has 1 aliphatic rings. The topological polar surface area (TPSA) is 176 Å². The molecule has 1 fully saturated rings. The minimum Gasteiger partial charge on any atom is -0.493 e. The van der Waals surface area contributed by atoms with Gasteiger partial charge in [0.15, 0.2) is 36.1 Å². The van der Waals surface area contributed by atoms with Crippen LogP contribution in [0.2, 0.25) is 15.1 Å². The van der Waals surface area contributed by atoms with Crippen LogP contribution >= 0.6 is 34.8 Å². The smallest absolute Gasteiger partial charge is 0.408 e. The highest BCUT2D eigenvalue weighted by molar-refractivity contribution is 6.42. The van der Waals surface area contributed by atoms with Crippen molar-refractivity contribution in [3.8, 4) is 11.5 Å². The molecule has 0 spiro atoms. The molecular formula is C31H40Cl3FN4O10. The van der Waals surface area contributed by atoms with Crippen molar-refractivity contribution in [2.24, 2.45) is 5.92 Å². The number of benzene rings is 1. The number of nitrogens with zero attached hydrogens (tertiary/aromatic N) is 1. The van der Waals surface area contributed by atoms with E-state index in [1.807, 2.05) is 0 Å². The Bertz CT molecular complexity index is 1660. The molecule has 18 heteroatoms. The number of aromatic amines is 1. The second-order valence-corrected chi connectivity index (χ2v) is 13.6. The number of ether oxygens (including phenoxy) is 5. The number of methoxy groups -OCH3 is 1. The predicted octanol–water partition coefficient (Wildman–Crippen LogP) is 4.35. The fourth-order valence-electron chi connectivity index (χ4n) is 4.78. The second-order valence-electron chi connectivity index (χ2n) is 12.4. The lowest BCUT2D eigenvalue weighted by molar-refractivity contribution is -0.157. The monoisotopic (exact) mass is 752 g/mol. The van der Waals surface area contributed by atoms with Crippen molar-refractivity contribution in [1.82, 2.24) is 20.2 Å².